The maximum Gasteiger partial charge on any atom is 0.259 e. The van der Waals surface area contributed by atoms with E-state index >= 15 is 0 Å². The monoisotopic (exact) mass is 453 g/mol. The molecule has 0 saturated carbocycles. The van der Waals surface area contributed by atoms with Crippen LogP contribution >= 0.6 is 31.9 Å². The van der Waals surface area contributed by atoms with Crippen molar-refractivity contribution in [3.63, 3.8) is 0 Å². The number of aryl methyl sites for hydroxylation is 1. The van der Waals surface area contributed by atoms with Gasteiger partial charge < -0.3 is 10.1 Å². The Kier molecular flexibility index (Phi) is 6.81. The van der Waals surface area contributed by atoms with E-state index in [4.69, 9.17) is 4.74 Å². The lowest BCUT2D eigenvalue weighted by atomic mass is 10.2. The largest absolute Gasteiger partial charge is 0.497 e. The molecule has 126 valence electrons. The van der Waals surface area contributed by atoms with Gasteiger partial charge >= 0.3 is 0 Å². The molecule has 2 aromatic carbocycles. The number of rotatable bonds is 6. The summed E-state index contributed by atoms with van der Waals surface area (Å²) in [6.45, 7) is 2.11. The van der Waals surface area contributed by atoms with E-state index in [9.17, 15) is 4.79 Å². The topological polar surface area (TPSA) is 62.7 Å². The molecule has 0 radical (unpaired) electrons. The lowest BCUT2D eigenvalue weighted by molar-refractivity contribution is -0.119. The fourth-order valence-corrected chi connectivity index (χ4v) is 3.67. The molecule has 0 bridgehead atoms. The Balaban J connectivity index is 1.89. The number of nitrogens with one attached hydrogen (secondary N) is 2. The number of hydrogen-bond acceptors (Lipinski definition) is 4. The fourth-order valence-electron chi connectivity index (χ4n) is 1.98. The van der Waals surface area contributed by atoms with Gasteiger partial charge in [0.25, 0.3) is 5.91 Å². The van der Waals surface area contributed by atoms with Crippen molar-refractivity contribution < 1.29 is 9.53 Å². The van der Waals surface area contributed by atoms with E-state index < -0.39 is 0 Å². The minimum absolute atomic E-state index is 0.107. The number of hydrazone groups is 1. The number of carbonyl (C=O) groups excluding carboxylic acids is 1. The first-order valence-electron chi connectivity index (χ1n) is 7.15. The van der Waals surface area contributed by atoms with Gasteiger partial charge in [-0.2, -0.15) is 5.10 Å². The maximum atomic E-state index is 11.9. The second-order valence-corrected chi connectivity index (χ2v) is 6.74. The molecule has 0 fully saturated rings. The molecule has 0 saturated heterocycles. The molecule has 7 heteroatoms. The molecule has 5 nitrogen and oxygen atoms in total. The Morgan fingerprint density at radius 2 is 1.96 bits per heavy atom. The van der Waals surface area contributed by atoms with Gasteiger partial charge in [-0.15, -0.1) is 0 Å². The van der Waals surface area contributed by atoms with Crippen LogP contribution in [0.1, 0.15) is 11.1 Å². The smallest absolute Gasteiger partial charge is 0.259 e. The summed E-state index contributed by atoms with van der Waals surface area (Å²) in [7, 11) is 1.60. The summed E-state index contributed by atoms with van der Waals surface area (Å²) < 4.78 is 6.91. The predicted molar refractivity (Wildman–Crippen MR) is 104 cm³/mol. The van der Waals surface area contributed by atoms with E-state index in [1.54, 1.807) is 13.3 Å². The Morgan fingerprint density at radius 1 is 1.25 bits per heavy atom. The molecule has 0 unspecified atom stereocenters. The summed E-state index contributed by atoms with van der Waals surface area (Å²) in [5.74, 6) is 0.495. The number of benzene rings is 2. The number of hydrogen-bond donors (Lipinski definition) is 2. The number of methoxy groups -OCH3 is 1. The number of carbonyl (C=O) groups is 1. The average molecular weight is 455 g/mol. The lowest BCUT2D eigenvalue weighted by Gasteiger charge is -2.11. The van der Waals surface area contributed by atoms with Gasteiger partial charge in [0.2, 0.25) is 0 Å². The summed E-state index contributed by atoms with van der Waals surface area (Å²) >= 11 is 6.96. The van der Waals surface area contributed by atoms with Crippen molar-refractivity contribution in [2.75, 3.05) is 19.0 Å². The summed E-state index contributed by atoms with van der Waals surface area (Å²) in [6, 6.07) is 11.4. The molecule has 2 rings (SSSR count). The fraction of sp³-hybridized carbons (Fsp3) is 0.176. The van der Waals surface area contributed by atoms with Crippen molar-refractivity contribution in [2.45, 2.75) is 6.92 Å². The van der Waals surface area contributed by atoms with Crippen molar-refractivity contribution in [2.24, 2.45) is 5.10 Å². The minimum Gasteiger partial charge on any atom is -0.497 e. The van der Waals surface area contributed by atoms with Crippen LogP contribution in [0.15, 0.2) is 50.4 Å². The normalized spacial score (nSPS) is 10.7. The standard InChI is InChI=1S/C17H17Br2N3O2/c1-11-6-14(18)17(15(19)7-11)20-10-16(23)22-21-9-12-4-3-5-13(8-12)24-2/h3-9,20H,10H2,1-2H3,(H,22,23). The Labute approximate surface area is 157 Å². The lowest BCUT2D eigenvalue weighted by Crippen LogP contribution is -2.26. The highest BCUT2D eigenvalue weighted by molar-refractivity contribution is 9.11. The van der Waals surface area contributed by atoms with Crippen molar-refractivity contribution in [3.05, 3.63) is 56.5 Å². The average Bonchev–Trinajstić information content (AvgIpc) is 2.54. The first-order chi connectivity index (χ1) is 11.5. The third-order valence-corrected chi connectivity index (χ3v) is 4.36. The molecule has 0 aliphatic heterocycles. The van der Waals surface area contributed by atoms with Crippen LogP contribution in [-0.2, 0) is 4.79 Å². The molecule has 0 heterocycles. The number of nitrogens with zero attached hydrogens (tertiary/aromatic N) is 1. The summed E-state index contributed by atoms with van der Waals surface area (Å²) in [5.41, 5.74) is 5.27. The second-order valence-electron chi connectivity index (χ2n) is 5.03. The Hall–Kier alpha value is -1.86. The van der Waals surface area contributed by atoms with Crippen LogP contribution in [0.4, 0.5) is 5.69 Å². The van der Waals surface area contributed by atoms with E-state index in [1.807, 2.05) is 43.3 Å². The molecule has 24 heavy (non-hydrogen) atoms. The first kappa shape index (κ1) is 18.5. The summed E-state index contributed by atoms with van der Waals surface area (Å²) in [4.78, 5) is 11.9. The van der Waals surface area contributed by atoms with Crippen molar-refractivity contribution >= 4 is 49.7 Å². The van der Waals surface area contributed by atoms with Gasteiger partial charge in [0, 0.05) is 8.95 Å². The molecule has 2 aromatic rings. The zero-order valence-corrected chi connectivity index (χ0v) is 16.4. The number of halogens is 2. The number of ether oxygens (including phenoxy) is 1. The van der Waals surface area contributed by atoms with Gasteiger partial charge in [-0.3, -0.25) is 4.79 Å². The zero-order chi connectivity index (χ0) is 17.5. The first-order valence-corrected chi connectivity index (χ1v) is 8.73. The van der Waals surface area contributed by atoms with E-state index in [2.05, 4.69) is 47.7 Å². The zero-order valence-electron chi connectivity index (χ0n) is 13.3. The van der Waals surface area contributed by atoms with Gasteiger partial charge in [-0.1, -0.05) is 12.1 Å². The third kappa shape index (κ3) is 5.35. The predicted octanol–water partition coefficient (Wildman–Crippen LogP) is 4.09. The van der Waals surface area contributed by atoms with Gasteiger partial charge in [-0.25, -0.2) is 5.43 Å². The van der Waals surface area contributed by atoms with Gasteiger partial charge in [-0.05, 0) is 74.2 Å². The molecular formula is C17H17Br2N3O2. The molecule has 2 N–H and O–H groups in total. The molecule has 0 atom stereocenters. The quantitative estimate of drug-likeness (QED) is 0.510. The summed E-state index contributed by atoms with van der Waals surface area (Å²) in [6.07, 6.45) is 1.57. The van der Waals surface area contributed by atoms with Gasteiger partial charge in [0.1, 0.15) is 5.75 Å². The van der Waals surface area contributed by atoms with Crippen molar-refractivity contribution in [1.29, 1.82) is 0 Å². The molecule has 0 aliphatic carbocycles. The summed E-state index contributed by atoms with van der Waals surface area (Å²) in [5, 5.41) is 7.02. The maximum absolute atomic E-state index is 11.9. The Morgan fingerprint density at radius 3 is 2.62 bits per heavy atom. The highest BCUT2D eigenvalue weighted by Gasteiger charge is 2.07. The minimum atomic E-state index is -0.242. The van der Waals surface area contributed by atoms with E-state index in [0.29, 0.717) is 0 Å². The van der Waals surface area contributed by atoms with Crippen LogP contribution in [0, 0.1) is 6.92 Å². The molecule has 0 aromatic heterocycles. The second kappa shape index (κ2) is 8.84. The van der Waals surface area contributed by atoms with Crippen LogP contribution in [-0.4, -0.2) is 25.8 Å². The van der Waals surface area contributed by atoms with E-state index in [0.717, 1.165) is 31.5 Å². The van der Waals surface area contributed by atoms with Gasteiger partial charge in [0.15, 0.2) is 0 Å². The van der Waals surface area contributed by atoms with Crippen LogP contribution in [0.3, 0.4) is 0 Å². The third-order valence-electron chi connectivity index (χ3n) is 3.11. The molecular weight excluding hydrogens is 438 g/mol. The highest BCUT2D eigenvalue weighted by atomic mass is 79.9. The van der Waals surface area contributed by atoms with Crippen molar-refractivity contribution in [1.82, 2.24) is 5.43 Å². The number of anilines is 1. The van der Waals surface area contributed by atoms with E-state index in [-0.39, 0.29) is 12.5 Å². The van der Waals surface area contributed by atoms with E-state index in [1.165, 1.54) is 0 Å². The molecule has 0 spiro atoms. The molecule has 0 aliphatic rings. The van der Waals surface area contributed by atoms with Gasteiger partial charge in [0.05, 0.1) is 25.6 Å². The Bertz CT molecular complexity index is 740. The number of amides is 1. The van der Waals surface area contributed by atoms with Crippen LogP contribution in [0.25, 0.3) is 0 Å². The SMILES string of the molecule is COc1cccc(C=NNC(=O)CNc2c(Br)cc(C)cc2Br)c1. The highest BCUT2D eigenvalue weighted by Crippen LogP contribution is 2.32. The van der Waals surface area contributed by atoms with Crippen LogP contribution in [0.2, 0.25) is 0 Å². The molecule has 1 amide bonds. The van der Waals surface area contributed by atoms with Crippen LogP contribution < -0.4 is 15.5 Å². The van der Waals surface area contributed by atoms with Crippen LogP contribution in [0.5, 0.6) is 5.75 Å². The van der Waals surface area contributed by atoms with Crippen molar-refractivity contribution in [3.8, 4) is 5.75 Å².